The van der Waals surface area contributed by atoms with Gasteiger partial charge in [-0.05, 0) is 24.6 Å². The maximum Gasteiger partial charge on any atom is 0.422 e. The fraction of sp³-hybridized carbons (Fsp3) is 0.417. The number of anilines is 1. The third-order valence-electron chi connectivity index (χ3n) is 2.08. The van der Waals surface area contributed by atoms with Gasteiger partial charge in [0.1, 0.15) is 5.75 Å². The number of amides is 1. The molecule has 0 saturated heterocycles. The predicted octanol–water partition coefficient (Wildman–Crippen LogP) is 4.02. The Morgan fingerprint density at radius 1 is 1.42 bits per heavy atom. The van der Waals surface area contributed by atoms with Gasteiger partial charge < -0.3 is 10.1 Å². The smallest absolute Gasteiger partial charge is 0.422 e. The predicted molar refractivity (Wildman–Crippen MR) is 66.5 cm³/mol. The highest BCUT2D eigenvalue weighted by molar-refractivity contribution is 6.31. The van der Waals surface area contributed by atoms with Crippen LogP contribution >= 0.6 is 11.6 Å². The first-order chi connectivity index (χ1) is 8.81. The summed E-state index contributed by atoms with van der Waals surface area (Å²) in [6.45, 7) is 0.393. The summed E-state index contributed by atoms with van der Waals surface area (Å²) in [6.07, 6.45) is -3.54. The van der Waals surface area contributed by atoms with Crippen LogP contribution in [0.4, 0.5) is 18.9 Å². The summed E-state index contributed by atoms with van der Waals surface area (Å²) in [7, 11) is 0. The monoisotopic (exact) mass is 295 g/mol. The molecule has 1 N–H and O–H groups in total. The van der Waals surface area contributed by atoms with Crippen molar-refractivity contribution in [1.82, 2.24) is 0 Å². The number of carbonyl (C=O) groups is 1. The lowest BCUT2D eigenvalue weighted by molar-refractivity contribution is -0.153. The molecule has 7 heteroatoms. The molecular weight excluding hydrogens is 283 g/mol. The van der Waals surface area contributed by atoms with Crippen molar-refractivity contribution in [2.45, 2.75) is 25.9 Å². The van der Waals surface area contributed by atoms with E-state index in [9.17, 15) is 18.0 Å². The Balaban J connectivity index is 2.82. The van der Waals surface area contributed by atoms with Gasteiger partial charge in [-0.3, -0.25) is 4.79 Å². The van der Waals surface area contributed by atoms with Crippen LogP contribution in [0.1, 0.15) is 19.8 Å². The molecule has 1 aromatic carbocycles. The second-order valence-corrected chi connectivity index (χ2v) is 4.28. The molecule has 0 bridgehead atoms. The highest BCUT2D eigenvalue weighted by Gasteiger charge is 2.29. The van der Waals surface area contributed by atoms with Gasteiger partial charge in [-0.25, -0.2) is 0 Å². The minimum atomic E-state index is -4.44. The average Bonchev–Trinajstić information content (AvgIpc) is 2.27. The number of alkyl halides is 3. The van der Waals surface area contributed by atoms with Gasteiger partial charge in [-0.2, -0.15) is 13.2 Å². The van der Waals surface area contributed by atoms with Crippen molar-refractivity contribution < 1.29 is 22.7 Å². The van der Waals surface area contributed by atoms with Gasteiger partial charge in [0, 0.05) is 11.4 Å². The Morgan fingerprint density at radius 2 is 2.11 bits per heavy atom. The van der Waals surface area contributed by atoms with Gasteiger partial charge in [0.15, 0.2) is 6.61 Å². The normalized spacial score (nSPS) is 11.2. The van der Waals surface area contributed by atoms with E-state index in [2.05, 4.69) is 10.1 Å². The van der Waals surface area contributed by atoms with Gasteiger partial charge in [-0.15, -0.1) is 0 Å². The number of carbonyl (C=O) groups excluding carboxylic acids is 1. The average molecular weight is 296 g/mol. The Hall–Kier alpha value is -1.43. The minimum absolute atomic E-state index is 0.0637. The number of hydrogen-bond acceptors (Lipinski definition) is 2. The summed E-state index contributed by atoms with van der Waals surface area (Å²) >= 11 is 5.74. The zero-order valence-electron chi connectivity index (χ0n) is 10.2. The van der Waals surface area contributed by atoms with Crippen LogP contribution < -0.4 is 10.1 Å². The van der Waals surface area contributed by atoms with E-state index < -0.39 is 12.8 Å². The number of benzene rings is 1. The molecule has 0 aliphatic carbocycles. The van der Waals surface area contributed by atoms with Crippen LogP contribution in [0.2, 0.25) is 5.02 Å². The lowest BCUT2D eigenvalue weighted by atomic mass is 10.2. The van der Waals surface area contributed by atoms with E-state index in [-0.39, 0.29) is 23.8 Å². The number of hydrogen-bond donors (Lipinski definition) is 1. The highest BCUT2D eigenvalue weighted by Crippen LogP contribution is 2.29. The fourth-order valence-electron chi connectivity index (χ4n) is 1.33. The topological polar surface area (TPSA) is 38.3 Å². The number of halogens is 4. The molecule has 0 fully saturated rings. The molecule has 0 radical (unpaired) electrons. The van der Waals surface area contributed by atoms with Crippen LogP contribution in [0.3, 0.4) is 0 Å². The molecule has 1 amide bonds. The molecule has 0 spiro atoms. The molecule has 1 rings (SSSR count). The molecule has 3 nitrogen and oxygen atoms in total. The van der Waals surface area contributed by atoms with E-state index in [4.69, 9.17) is 11.6 Å². The van der Waals surface area contributed by atoms with Gasteiger partial charge in [0.25, 0.3) is 0 Å². The van der Waals surface area contributed by atoms with Crippen molar-refractivity contribution in [2.75, 3.05) is 11.9 Å². The van der Waals surface area contributed by atoms with Crippen molar-refractivity contribution in [3.8, 4) is 5.75 Å². The third kappa shape index (κ3) is 5.83. The molecule has 0 unspecified atom stereocenters. The van der Waals surface area contributed by atoms with Crippen LogP contribution in [-0.2, 0) is 4.79 Å². The van der Waals surface area contributed by atoms with Crippen LogP contribution in [-0.4, -0.2) is 18.7 Å². The van der Waals surface area contributed by atoms with Crippen LogP contribution in [0.25, 0.3) is 0 Å². The quantitative estimate of drug-likeness (QED) is 0.891. The molecule has 0 atom stereocenters. The second kappa shape index (κ2) is 6.65. The first-order valence-electron chi connectivity index (χ1n) is 5.61. The molecule has 19 heavy (non-hydrogen) atoms. The van der Waals surface area contributed by atoms with Gasteiger partial charge in [0.2, 0.25) is 5.91 Å². The van der Waals surface area contributed by atoms with Gasteiger partial charge in [-0.1, -0.05) is 18.5 Å². The van der Waals surface area contributed by atoms with Crippen molar-refractivity contribution >= 4 is 23.2 Å². The Kier molecular flexibility index (Phi) is 5.47. The van der Waals surface area contributed by atoms with E-state index in [0.717, 1.165) is 0 Å². The number of ether oxygens (including phenoxy) is 1. The van der Waals surface area contributed by atoms with Crippen molar-refractivity contribution in [3.63, 3.8) is 0 Å². The summed E-state index contributed by atoms with van der Waals surface area (Å²) in [5.74, 6) is -0.368. The van der Waals surface area contributed by atoms with E-state index in [1.165, 1.54) is 18.2 Å². The largest absolute Gasteiger partial charge is 0.482 e. The van der Waals surface area contributed by atoms with Crippen LogP contribution in [0.5, 0.6) is 5.75 Å². The molecule has 0 aliphatic rings. The molecule has 1 aromatic rings. The van der Waals surface area contributed by atoms with E-state index in [1.54, 1.807) is 0 Å². The van der Waals surface area contributed by atoms with Gasteiger partial charge >= 0.3 is 6.18 Å². The molecule has 0 aliphatic heterocycles. The summed E-state index contributed by atoms with van der Waals surface area (Å²) in [6, 6.07) is 4.03. The highest BCUT2D eigenvalue weighted by atomic mass is 35.5. The summed E-state index contributed by atoms with van der Waals surface area (Å²) in [5.41, 5.74) is 0.134. The van der Waals surface area contributed by atoms with E-state index in [0.29, 0.717) is 11.4 Å². The SMILES string of the molecule is CCCC(=O)Nc1cc(Cl)ccc1OCC(F)(F)F. The first-order valence-corrected chi connectivity index (χ1v) is 5.98. The molecule has 0 heterocycles. The lowest BCUT2D eigenvalue weighted by Crippen LogP contribution is -2.20. The number of rotatable bonds is 5. The third-order valence-corrected chi connectivity index (χ3v) is 2.32. The second-order valence-electron chi connectivity index (χ2n) is 3.84. The standard InChI is InChI=1S/C12H13ClF3NO2/c1-2-3-11(18)17-9-6-8(13)4-5-10(9)19-7-12(14,15)16/h4-6H,2-3,7H2,1H3,(H,17,18). The molecule has 0 saturated carbocycles. The molecule has 0 aromatic heterocycles. The zero-order chi connectivity index (χ0) is 14.5. The Morgan fingerprint density at radius 3 is 2.68 bits per heavy atom. The van der Waals surface area contributed by atoms with Crippen LogP contribution in [0.15, 0.2) is 18.2 Å². The van der Waals surface area contributed by atoms with E-state index in [1.807, 2.05) is 6.92 Å². The Bertz CT molecular complexity index is 449. The van der Waals surface area contributed by atoms with Crippen molar-refractivity contribution in [3.05, 3.63) is 23.2 Å². The van der Waals surface area contributed by atoms with Crippen molar-refractivity contribution in [2.24, 2.45) is 0 Å². The fourth-order valence-corrected chi connectivity index (χ4v) is 1.50. The van der Waals surface area contributed by atoms with Crippen LogP contribution in [0, 0.1) is 0 Å². The summed E-state index contributed by atoms with van der Waals surface area (Å²) < 4.78 is 40.9. The summed E-state index contributed by atoms with van der Waals surface area (Å²) in [5, 5.41) is 2.77. The Labute approximate surface area is 113 Å². The van der Waals surface area contributed by atoms with Gasteiger partial charge in [0.05, 0.1) is 5.69 Å². The van der Waals surface area contributed by atoms with Crippen molar-refractivity contribution in [1.29, 1.82) is 0 Å². The lowest BCUT2D eigenvalue weighted by Gasteiger charge is -2.14. The molecule has 106 valence electrons. The maximum absolute atomic E-state index is 12.1. The first kappa shape index (κ1) is 15.6. The molecular formula is C12H13ClF3NO2. The van der Waals surface area contributed by atoms with E-state index >= 15 is 0 Å². The maximum atomic E-state index is 12.1. The zero-order valence-corrected chi connectivity index (χ0v) is 10.9. The summed E-state index contributed by atoms with van der Waals surface area (Å²) in [4.78, 5) is 11.4. The number of nitrogens with one attached hydrogen (secondary N) is 1. The minimum Gasteiger partial charge on any atom is -0.482 e.